The van der Waals surface area contributed by atoms with Crippen LogP contribution in [0.5, 0.6) is 0 Å². The lowest BCUT2D eigenvalue weighted by atomic mass is 9.69. The second-order valence-corrected chi connectivity index (χ2v) is 8.17. The van der Waals surface area contributed by atoms with Crippen molar-refractivity contribution < 1.29 is 14.3 Å². The first-order valence-corrected chi connectivity index (χ1v) is 9.04. The summed E-state index contributed by atoms with van der Waals surface area (Å²) in [5.41, 5.74) is 3.58. The molecule has 2 heterocycles. The van der Waals surface area contributed by atoms with Gasteiger partial charge in [-0.3, -0.25) is 9.78 Å². The molecule has 0 saturated heterocycles. The van der Waals surface area contributed by atoms with Crippen molar-refractivity contribution in [3.63, 3.8) is 0 Å². The van der Waals surface area contributed by atoms with Crippen LogP contribution in [0.4, 0.5) is 0 Å². The normalized spacial score (nSPS) is 22.2. The average molecular weight is 354 g/mol. The maximum absolute atomic E-state index is 13.0. The highest BCUT2D eigenvalue weighted by Crippen LogP contribution is 2.46. The fourth-order valence-corrected chi connectivity index (χ4v) is 3.86. The SMILES string of the molecule is CC1=C(C(=O)OC(C)C)[C@H](c2cccnc2)C2=C(CC(C)(C)CC2=O)N1. The Morgan fingerprint density at radius 1 is 1.35 bits per heavy atom. The molecular weight excluding hydrogens is 328 g/mol. The van der Waals surface area contributed by atoms with Gasteiger partial charge in [0.25, 0.3) is 0 Å². The van der Waals surface area contributed by atoms with Crippen molar-refractivity contribution in [3.05, 3.63) is 52.6 Å². The number of aromatic nitrogens is 1. The van der Waals surface area contributed by atoms with Crippen LogP contribution in [-0.2, 0) is 14.3 Å². The third-order valence-corrected chi connectivity index (χ3v) is 4.82. The Morgan fingerprint density at radius 3 is 2.69 bits per heavy atom. The zero-order valence-electron chi connectivity index (χ0n) is 16.1. The van der Waals surface area contributed by atoms with E-state index in [-0.39, 0.29) is 23.3 Å². The van der Waals surface area contributed by atoms with Crippen LogP contribution in [0.25, 0.3) is 0 Å². The predicted octanol–water partition coefficient (Wildman–Crippen LogP) is 3.64. The van der Waals surface area contributed by atoms with Crippen molar-refractivity contribution in [2.75, 3.05) is 0 Å². The molecule has 138 valence electrons. The maximum atomic E-state index is 13.0. The zero-order chi connectivity index (χ0) is 19.1. The largest absolute Gasteiger partial charge is 0.460 e. The molecule has 0 bridgehead atoms. The van der Waals surface area contributed by atoms with Gasteiger partial charge in [-0.1, -0.05) is 19.9 Å². The number of carbonyl (C=O) groups is 2. The molecule has 0 amide bonds. The summed E-state index contributed by atoms with van der Waals surface area (Å²) in [7, 11) is 0. The third kappa shape index (κ3) is 3.43. The number of ketones is 1. The van der Waals surface area contributed by atoms with Crippen molar-refractivity contribution in [2.45, 2.75) is 59.5 Å². The number of rotatable bonds is 3. The fraction of sp³-hybridized carbons (Fsp3) is 0.476. The van der Waals surface area contributed by atoms with Crippen LogP contribution in [0, 0.1) is 5.41 Å². The molecule has 1 N–H and O–H groups in total. The number of allylic oxidation sites excluding steroid dienone is 3. The van der Waals surface area contributed by atoms with Gasteiger partial charge in [0.1, 0.15) is 0 Å². The number of hydrogen-bond acceptors (Lipinski definition) is 5. The molecule has 1 aliphatic carbocycles. The second kappa shape index (κ2) is 6.71. The summed E-state index contributed by atoms with van der Waals surface area (Å²) in [6.07, 6.45) is 4.43. The van der Waals surface area contributed by atoms with E-state index >= 15 is 0 Å². The number of nitrogens with one attached hydrogen (secondary N) is 1. The molecular formula is C21H26N2O3. The number of Topliss-reactive ketones (excluding diaryl/α,β-unsaturated/α-hetero) is 1. The monoisotopic (exact) mass is 354 g/mol. The summed E-state index contributed by atoms with van der Waals surface area (Å²) >= 11 is 0. The molecule has 1 atom stereocenters. The van der Waals surface area contributed by atoms with E-state index in [4.69, 9.17) is 4.74 Å². The smallest absolute Gasteiger partial charge is 0.337 e. The lowest BCUT2D eigenvalue weighted by molar-refractivity contribution is -0.143. The molecule has 0 aromatic carbocycles. The quantitative estimate of drug-likeness (QED) is 0.840. The Balaban J connectivity index is 2.14. The summed E-state index contributed by atoms with van der Waals surface area (Å²) in [4.78, 5) is 30.1. The number of esters is 1. The molecule has 5 heteroatoms. The van der Waals surface area contributed by atoms with E-state index in [1.54, 1.807) is 12.4 Å². The lowest BCUT2D eigenvalue weighted by Gasteiger charge is -2.39. The molecule has 26 heavy (non-hydrogen) atoms. The molecule has 0 radical (unpaired) electrons. The van der Waals surface area contributed by atoms with Crippen LogP contribution >= 0.6 is 0 Å². The Bertz CT molecular complexity index is 804. The van der Waals surface area contributed by atoms with E-state index in [0.29, 0.717) is 17.6 Å². The first-order chi connectivity index (χ1) is 12.2. The molecule has 1 aromatic heterocycles. The highest BCUT2D eigenvalue weighted by molar-refractivity contribution is 6.04. The molecule has 0 fully saturated rings. The van der Waals surface area contributed by atoms with Gasteiger partial charge in [0, 0.05) is 41.7 Å². The molecule has 0 saturated carbocycles. The van der Waals surface area contributed by atoms with Gasteiger partial charge in [-0.05, 0) is 44.2 Å². The summed E-state index contributed by atoms with van der Waals surface area (Å²) in [6, 6.07) is 3.74. The van der Waals surface area contributed by atoms with Crippen LogP contribution < -0.4 is 5.32 Å². The molecule has 0 spiro atoms. The summed E-state index contributed by atoms with van der Waals surface area (Å²) < 4.78 is 5.48. The second-order valence-electron chi connectivity index (χ2n) is 8.17. The van der Waals surface area contributed by atoms with Gasteiger partial charge in [0.05, 0.1) is 11.7 Å². The van der Waals surface area contributed by atoms with E-state index in [9.17, 15) is 9.59 Å². The minimum absolute atomic E-state index is 0.0833. The van der Waals surface area contributed by atoms with Crippen molar-refractivity contribution in [2.24, 2.45) is 5.41 Å². The number of carbonyl (C=O) groups excluding carboxylic acids is 2. The number of dihydropyridines is 1. The van der Waals surface area contributed by atoms with Gasteiger partial charge in [-0.15, -0.1) is 0 Å². The summed E-state index contributed by atoms with van der Waals surface area (Å²) in [5, 5.41) is 3.33. The minimum Gasteiger partial charge on any atom is -0.460 e. The summed E-state index contributed by atoms with van der Waals surface area (Å²) in [5.74, 6) is -0.738. The van der Waals surface area contributed by atoms with Crippen LogP contribution in [0.15, 0.2) is 47.1 Å². The third-order valence-electron chi connectivity index (χ3n) is 4.82. The Labute approximate surface area is 154 Å². The van der Waals surface area contributed by atoms with E-state index in [0.717, 1.165) is 23.4 Å². The van der Waals surface area contributed by atoms with E-state index < -0.39 is 5.92 Å². The highest BCUT2D eigenvalue weighted by atomic mass is 16.5. The zero-order valence-corrected chi connectivity index (χ0v) is 16.1. The predicted molar refractivity (Wildman–Crippen MR) is 99.1 cm³/mol. The van der Waals surface area contributed by atoms with Gasteiger partial charge >= 0.3 is 5.97 Å². The molecule has 1 aromatic rings. The standard InChI is InChI=1S/C21H26N2O3/c1-12(2)26-20(25)17-13(3)23-15-9-21(4,5)10-16(24)19(15)18(17)14-7-6-8-22-11-14/h6-8,11-12,18,23H,9-10H2,1-5H3/t18-/m0/s1. The van der Waals surface area contributed by atoms with Gasteiger partial charge in [-0.2, -0.15) is 0 Å². The van der Waals surface area contributed by atoms with Crippen molar-refractivity contribution in [1.29, 1.82) is 0 Å². The Kier molecular flexibility index (Phi) is 4.74. The van der Waals surface area contributed by atoms with Crippen molar-refractivity contribution in [3.8, 4) is 0 Å². The molecule has 2 aliphatic rings. The van der Waals surface area contributed by atoms with Crippen LogP contribution in [-0.4, -0.2) is 22.8 Å². The van der Waals surface area contributed by atoms with Gasteiger partial charge < -0.3 is 10.1 Å². The average Bonchev–Trinajstić information content (AvgIpc) is 2.52. The molecule has 0 unspecified atom stereocenters. The molecule has 5 nitrogen and oxygen atoms in total. The molecule has 3 rings (SSSR count). The minimum atomic E-state index is -0.435. The van der Waals surface area contributed by atoms with Crippen molar-refractivity contribution >= 4 is 11.8 Å². The first-order valence-electron chi connectivity index (χ1n) is 9.04. The number of nitrogens with zero attached hydrogens (tertiary/aromatic N) is 1. The Morgan fingerprint density at radius 2 is 2.08 bits per heavy atom. The van der Waals surface area contributed by atoms with E-state index in [1.165, 1.54) is 0 Å². The number of pyridine rings is 1. The van der Waals surface area contributed by atoms with Crippen LogP contribution in [0.2, 0.25) is 0 Å². The number of ether oxygens (including phenoxy) is 1. The molecule has 1 aliphatic heterocycles. The van der Waals surface area contributed by atoms with Gasteiger partial charge in [-0.25, -0.2) is 4.79 Å². The number of hydrogen-bond donors (Lipinski definition) is 1. The van der Waals surface area contributed by atoms with Crippen LogP contribution in [0.1, 0.15) is 58.9 Å². The summed E-state index contributed by atoms with van der Waals surface area (Å²) in [6.45, 7) is 9.70. The topological polar surface area (TPSA) is 68.3 Å². The Hall–Kier alpha value is -2.43. The van der Waals surface area contributed by atoms with E-state index in [2.05, 4.69) is 24.1 Å². The van der Waals surface area contributed by atoms with Crippen molar-refractivity contribution in [1.82, 2.24) is 10.3 Å². The van der Waals surface area contributed by atoms with Gasteiger partial charge in [0.15, 0.2) is 5.78 Å². The van der Waals surface area contributed by atoms with E-state index in [1.807, 2.05) is 32.9 Å². The lowest BCUT2D eigenvalue weighted by Crippen LogP contribution is -2.39. The first kappa shape index (κ1) is 18.4. The fourth-order valence-electron chi connectivity index (χ4n) is 3.86. The van der Waals surface area contributed by atoms with Crippen LogP contribution in [0.3, 0.4) is 0 Å². The maximum Gasteiger partial charge on any atom is 0.337 e. The van der Waals surface area contributed by atoms with Gasteiger partial charge in [0.2, 0.25) is 0 Å². The highest BCUT2D eigenvalue weighted by Gasteiger charge is 2.43.